The predicted molar refractivity (Wildman–Crippen MR) is 83.7 cm³/mol. The molecule has 0 radical (unpaired) electrons. The van der Waals surface area contributed by atoms with Gasteiger partial charge in [-0.3, -0.25) is 9.59 Å². The fourth-order valence-corrected chi connectivity index (χ4v) is 3.47. The minimum absolute atomic E-state index is 0.0150. The van der Waals surface area contributed by atoms with Crippen LogP contribution in [0.15, 0.2) is 23.1 Å². The van der Waals surface area contributed by atoms with E-state index in [1.54, 1.807) is 6.07 Å². The van der Waals surface area contributed by atoms with Crippen LogP contribution in [0.1, 0.15) is 23.2 Å². The van der Waals surface area contributed by atoms with Gasteiger partial charge in [-0.1, -0.05) is 0 Å². The van der Waals surface area contributed by atoms with Crippen molar-refractivity contribution < 1.29 is 9.59 Å². The number of anilines is 1. The highest BCUT2D eigenvalue weighted by atomic mass is 32.2. The molecule has 1 unspecified atom stereocenters. The number of hydrogen-bond donors (Lipinski definition) is 3. The van der Waals surface area contributed by atoms with Crippen LogP contribution in [0.25, 0.3) is 0 Å². The van der Waals surface area contributed by atoms with Gasteiger partial charge in [0.25, 0.3) is 5.91 Å². The zero-order valence-electron chi connectivity index (χ0n) is 11.8. The van der Waals surface area contributed by atoms with Gasteiger partial charge in [-0.15, -0.1) is 11.8 Å². The molecule has 0 spiro atoms. The topological polar surface area (TPSA) is 70.2 Å². The van der Waals surface area contributed by atoms with Gasteiger partial charge in [0.15, 0.2) is 0 Å². The highest BCUT2D eigenvalue weighted by Crippen LogP contribution is 2.31. The van der Waals surface area contributed by atoms with Crippen molar-refractivity contribution in [1.29, 1.82) is 0 Å². The van der Waals surface area contributed by atoms with E-state index in [2.05, 4.69) is 16.0 Å². The summed E-state index contributed by atoms with van der Waals surface area (Å²) in [5.41, 5.74) is 1.34. The molecule has 2 amide bonds. The van der Waals surface area contributed by atoms with E-state index in [4.69, 9.17) is 0 Å². The first-order valence-corrected chi connectivity index (χ1v) is 8.26. The molecule has 6 heteroatoms. The van der Waals surface area contributed by atoms with Crippen molar-refractivity contribution in [3.05, 3.63) is 23.8 Å². The molecule has 3 N–H and O–H groups in total. The van der Waals surface area contributed by atoms with Gasteiger partial charge in [-0.05, 0) is 50.0 Å². The Labute approximate surface area is 128 Å². The second kappa shape index (κ2) is 6.49. The Morgan fingerprint density at radius 2 is 2.33 bits per heavy atom. The van der Waals surface area contributed by atoms with Crippen molar-refractivity contribution in [3.63, 3.8) is 0 Å². The molecule has 2 aliphatic rings. The Bertz CT molecular complexity index is 556. The summed E-state index contributed by atoms with van der Waals surface area (Å²) in [5.74, 6) is 1.02. The van der Waals surface area contributed by atoms with E-state index in [1.165, 1.54) is 18.2 Å². The maximum atomic E-state index is 12.1. The molecular formula is C15H19N3O2S. The summed E-state index contributed by atoms with van der Waals surface area (Å²) in [4.78, 5) is 24.5. The van der Waals surface area contributed by atoms with Gasteiger partial charge in [0.05, 0.1) is 11.4 Å². The Kier molecular flexibility index (Phi) is 4.45. The van der Waals surface area contributed by atoms with Crippen molar-refractivity contribution >= 4 is 29.3 Å². The average molecular weight is 305 g/mol. The molecule has 21 heavy (non-hydrogen) atoms. The van der Waals surface area contributed by atoms with E-state index >= 15 is 0 Å². The summed E-state index contributed by atoms with van der Waals surface area (Å²) in [6.07, 6.45) is 2.20. The van der Waals surface area contributed by atoms with E-state index < -0.39 is 0 Å². The molecule has 5 nitrogen and oxygen atoms in total. The first kappa shape index (κ1) is 14.4. The minimum atomic E-state index is -0.0754. The lowest BCUT2D eigenvalue weighted by atomic mass is 10.1. The molecule has 0 aliphatic carbocycles. The van der Waals surface area contributed by atoms with Crippen molar-refractivity contribution in [3.8, 4) is 0 Å². The van der Waals surface area contributed by atoms with E-state index in [0.29, 0.717) is 23.8 Å². The van der Waals surface area contributed by atoms with Crippen LogP contribution in [0.5, 0.6) is 0 Å². The van der Waals surface area contributed by atoms with E-state index in [-0.39, 0.29) is 11.8 Å². The van der Waals surface area contributed by atoms with Crippen LogP contribution in [0.2, 0.25) is 0 Å². The van der Waals surface area contributed by atoms with Gasteiger partial charge in [0, 0.05) is 17.0 Å². The van der Waals surface area contributed by atoms with Crippen LogP contribution in [0.3, 0.4) is 0 Å². The lowest BCUT2D eigenvalue weighted by Crippen LogP contribution is -2.27. The van der Waals surface area contributed by atoms with Gasteiger partial charge in [-0.2, -0.15) is 0 Å². The third-order valence-corrected chi connectivity index (χ3v) is 4.95. The molecule has 1 atom stereocenters. The Hall–Kier alpha value is -1.53. The largest absolute Gasteiger partial charge is 0.352 e. The summed E-state index contributed by atoms with van der Waals surface area (Å²) in [5, 5.41) is 9.09. The number of thioether (sulfide) groups is 1. The molecule has 0 aromatic heterocycles. The van der Waals surface area contributed by atoms with Crippen LogP contribution >= 0.6 is 11.8 Å². The lowest BCUT2D eigenvalue weighted by molar-refractivity contribution is -0.113. The summed E-state index contributed by atoms with van der Waals surface area (Å²) >= 11 is 1.50. The number of carbonyl (C=O) groups excluding carboxylic acids is 2. The number of hydrogen-bond acceptors (Lipinski definition) is 4. The fourth-order valence-electron chi connectivity index (χ4n) is 2.68. The standard InChI is InChI=1S/C15H19N3O2S/c19-14-9-21-13-2-1-11(7-12(13)18-14)15(20)17-6-4-10-3-5-16-8-10/h1-2,7,10,16H,3-6,8-9H2,(H,17,20)(H,18,19). The maximum absolute atomic E-state index is 12.1. The van der Waals surface area contributed by atoms with Crippen LogP contribution < -0.4 is 16.0 Å². The molecule has 2 heterocycles. The predicted octanol–water partition coefficient (Wildman–Crippen LogP) is 1.46. The van der Waals surface area contributed by atoms with Crippen molar-refractivity contribution in [1.82, 2.24) is 10.6 Å². The molecule has 1 saturated heterocycles. The Morgan fingerprint density at radius 1 is 1.43 bits per heavy atom. The first-order chi connectivity index (χ1) is 10.2. The Balaban J connectivity index is 1.56. The first-order valence-electron chi connectivity index (χ1n) is 7.28. The number of amides is 2. The molecule has 2 aliphatic heterocycles. The molecule has 0 saturated carbocycles. The van der Waals surface area contributed by atoms with Crippen LogP contribution in [0.4, 0.5) is 5.69 Å². The van der Waals surface area contributed by atoms with Crippen molar-refractivity contribution in [2.75, 3.05) is 30.7 Å². The molecule has 112 valence electrons. The maximum Gasteiger partial charge on any atom is 0.251 e. The second-order valence-electron chi connectivity index (χ2n) is 5.45. The van der Waals surface area contributed by atoms with Gasteiger partial charge >= 0.3 is 0 Å². The zero-order chi connectivity index (χ0) is 14.7. The van der Waals surface area contributed by atoms with Gasteiger partial charge in [-0.25, -0.2) is 0 Å². The van der Waals surface area contributed by atoms with Gasteiger partial charge < -0.3 is 16.0 Å². The zero-order valence-corrected chi connectivity index (χ0v) is 12.6. The summed E-state index contributed by atoms with van der Waals surface area (Å²) in [7, 11) is 0. The van der Waals surface area contributed by atoms with Crippen molar-refractivity contribution in [2.24, 2.45) is 5.92 Å². The SMILES string of the molecule is O=C1CSc2ccc(C(=O)NCCC3CCNC3)cc2N1. The highest BCUT2D eigenvalue weighted by molar-refractivity contribution is 8.00. The Morgan fingerprint density at radius 3 is 3.14 bits per heavy atom. The smallest absolute Gasteiger partial charge is 0.251 e. The van der Waals surface area contributed by atoms with Crippen LogP contribution in [-0.4, -0.2) is 37.2 Å². The molecule has 1 aromatic carbocycles. The molecule has 1 fully saturated rings. The van der Waals surface area contributed by atoms with E-state index in [9.17, 15) is 9.59 Å². The second-order valence-corrected chi connectivity index (χ2v) is 6.47. The number of nitrogens with one attached hydrogen (secondary N) is 3. The lowest BCUT2D eigenvalue weighted by Gasteiger charge is -2.17. The van der Waals surface area contributed by atoms with E-state index in [0.717, 1.165) is 30.1 Å². The van der Waals surface area contributed by atoms with Gasteiger partial charge in [0.2, 0.25) is 5.91 Å². The summed E-state index contributed by atoms with van der Waals surface area (Å²) < 4.78 is 0. The third-order valence-electron chi connectivity index (χ3n) is 3.88. The quantitative estimate of drug-likeness (QED) is 0.788. The van der Waals surface area contributed by atoms with Gasteiger partial charge in [0.1, 0.15) is 0 Å². The van der Waals surface area contributed by atoms with E-state index in [1.807, 2.05) is 12.1 Å². The summed E-state index contributed by atoms with van der Waals surface area (Å²) in [6.45, 7) is 2.84. The molecular weight excluding hydrogens is 286 g/mol. The normalized spacial score (nSPS) is 20.8. The molecule has 3 rings (SSSR count). The minimum Gasteiger partial charge on any atom is -0.352 e. The number of benzene rings is 1. The van der Waals surface area contributed by atoms with Crippen LogP contribution in [0, 0.1) is 5.92 Å². The molecule has 0 bridgehead atoms. The highest BCUT2D eigenvalue weighted by Gasteiger charge is 2.18. The third kappa shape index (κ3) is 3.57. The average Bonchev–Trinajstić information content (AvgIpc) is 2.99. The van der Waals surface area contributed by atoms with Crippen molar-refractivity contribution in [2.45, 2.75) is 17.7 Å². The fraction of sp³-hybridized carbons (Fsp3) is 0.467. The monoisotopic (exact) mass is 305 g/mol. The number of carbonyl (C=O) groups is 2. The summed E-state index contributed by atoms with van der Waals surface area (Å²) in [6, 6.07) is 5.47. The van der Waals surface area contributed by atoms with Crippen LogP contribution in [-0.2, 0) is 4.79 Å². The number of rotatable bonds is 4. The number of fused-ring (bicyclic) bond motifs is 1. The molecule has 1 aromatic rings.